The highest BCUT2D eigenvalue weighted by atomic mass is 32.2. The van der Waals surface area contributed by atoms with E-state index >= 15 is 0 Å². The molecule has 1 unspecified atom stereocenters. The second-order valence-electron chi connectivity index (χ2n) is 11.9. The number of aliphatic carboxylic acids is 1. The molecule has 1 atom stereocenters. The Bertz CT molecular complexity index is 989. The molecule has 1 aliphatic heterocycles. The van der Waals surface area contributed by atoms with Crippen molar-refractivity contribution in [3.63, 3.8) is 0 Å². The fraction of sp³-hybridized carbons (Fsp3) is 0.625. The lowest BCUT2D eigenvalue weighted by Gasteiger charge is -2.40. The van der Waals surface area contributed by atoms with Crippen molar-refractivity contribution < 1.29 is 14.7 Å². The molecule has 38 heavy (non-hydrogen) atoms. The molecule has 1 aromatic rings. The Balaban J connectivity index is 1.32. The lowest BCUT2D eigenvalue weighted by Crippen LogP contribution is -2.30. The van der Waals surface area contributed by atoms with Crippen molar-refractivity contribution in [1.29, 1.82) is 0 Å². The number of carbonyl (C=O) groups excluding carboxylic acids is 1. The number of benzene rings is 1. The number of amides is 1. The Morgan fingerprint density at radius 3 is 2.32 bits per heavy atom. The zero-order valence-electron chi connectivity index (χ0n) is 23.1. The third-order valence-electron chi connectivity index (χ3n) is 8.76. The van der Waals surface area contributed by atoms with Crippen LogP contribution in [0.4, 0.5) is 0 Å². The first-order valence-corrected chi connectivity index (χ1v) is 16.3. The van der Waals surface area contributed by atoms with Gasteiger partial charge in [-0.15, -0.1) is 11.8 Å². The number of carboxylic acid groups (broad SMARTS) is 1. The van der Waals surface area contributed by atoms with E-state index < -0.39 is 10.7 Å². The molecule has 2 saturated carbocycles. The third kappa shape index (κ3) is 8.42. The Kier molecular flexibility index (Phi) is 10.9. The van der Waals surface area contributed by atoms with E-state index in [9.17, 15) is 14.7 Å². The minimum Gasteiger partial charge on any atom is -0.480 e. The largest absolute Gasteiger partial charge is 0.480 e. The summed E-state index contributed by atoms with van der Waals surface area (Å²) in [6.45, 7) is 3.46. The van der Waals surface area contributed by atoms with Crippen molar-refractivity contribution in [3.05, 3.63) is 57.3 Å². The van der Waals surface area contributed by atoms with Gasteiger partial charge in [0, 0.05) is 10.7 Å². The molecule has 1 amide bonds. The molecule has 2 N–H and O–H groups in total. The van der Waals surface area contributed by atoms with Crippen LogP contribution in [0.1, 0.15) is 109 Å². The minimum absolute atomic E-state index is 0.103. The maximum Gasteiger partial charge on any atom is 0.319 e. The quantitative estimate of drug-likeness (QED) is 0.302. The van der Waals surface area contributed by atoms with E-state index in [2.05, 4.69) is 47.8 Å². The topological polar surface area (TPSA) is 66.4 Å². The summed E-state index contributed by atoms with van der Waals surface area (Å²) >= 11 is 2.87. The van der Waals surface area contributed by atoms with E-state index in [1.807, 2.05) is 0 Å². The summed E-state index contributed by atoms with van der Waals surface area (Å²) in [5.74, 6) is 2.12. The number of allylic oxidation sites excluding steroid dienone is 2. The standard InChI is InChI=1S/C32H45NO3S2/c1-32(2,31(35)36)38-30-16-10-9-15-29(37-30)33-28(34)22-21-27(25-13-7-4-8-14-25)26-19-17-24(18-20-26)23-11-5-3-6-12-23/h3,5-6,11-12,15-16,24-27H,4,7-10,13-14,17-22H2,1-2H3,(H,33,34)(H,35,36). The van der Waals surface area contributed by atoms with E-state index in [0.29, 0.717) is 18.3 Å². The molecule has 1 heterocycles. The van der Waals surface area contributed by atoms with Gasteiger partial charge in [-0.1, -0.05) is 86.3 Å². The molecule has 0 aromatic heterocycles. The summed E-state index contributed by atoms with van der Waals surface area (Å²) < 4.78 is 0.0575. The van der Waals surface area contributed by atoms with Gasteiger partial charge in [0.05, 0.1) is 5.03 Å². The van der Waals surface area contributed by atoms with Crippen molar-refractivity contribution in [1.82, 2.24) is 5.32 Å². The van der Waals surface area contributed by atoms with E-state index in [1.54, 1.807) is 13.8 Å². The van der Waals surface area contributed by atoms with Crippen molar-refractivity contribution in [2.45, 2.75) is 108 Å². The Morgan fingerprint density at radius 2 is 1.63 bits per heavy atom. The summed E-state index contributed by atoms with van der Waals surface area (Å²) in [7, 11) is 0. The number of nitrogens with one attached hydrogen (secondary N) is 1. The van der Waals surface area contributed by atoms with Crippen molar-refractivity contribution >= 4 is 35.4 Å². The normalized spacial score (nSPS) is 24.1. The minimum atomic E-state index is -0.898. The molecule has 0 spiro atoms. The summed E-state index contributed by atoms with van der Waals surface area (Å²) in [6.07, 6.45) is 19.3. The molecular weight excluding hydrogens is 510 g/mol. The van der Waals surface area contributed by atoms with E-state index in [1.165, 1.54) is 86.9 Å². The van der Waals surface area contributed by atoms with E-state index in [0.717, 1.165) is 40.4 Å². The average molecular weight is 556 g/mol. The van der Waals surface area contributed by atoms with Crippen LogP contribution >= 0.6 is 23.5 Å². The number of carbonyl (C=O) groups is 2. The monoisotopic (exact) mass is 555 g/mol. The number of hydrogen-bond donors (Lipinski definition) is 2. The SMILES string of the molecule is CC(C)(SC1=CCCC=C(NC(=O)CCC(C2CCCCC2)C2CCC(c3ccccc3)CC2)S1)C(=O)O. The predicted molar refractivity (Wildman–Crippen MR) is 161 cm³/mol. The lowest BCUT2D eigenvalue weighted by atomic mass is 9.66. The molecular formula is C32H45NO3S2. The first-order chi connectivity index (χ1) is 18.3. The first kappa shape index (κ1) is 29.3. The van der Waals surface area contributed by atoms with Gasteiger partial charge in [-0.25, -0.2) is 0 Å². The average Bonchev–Trinajstić information content (AvgIpc) is 3.14. The van der Waals surface area contributed by atoms with Gasteiger partial charge >= 0.3 is 5.97 Å². The van der Waals surface area contributed by atoms with Crippen LogP contribution in [0.3, 0.4) is 0 Å². The number of hydrogen-bond acceptors (Lipinski definition) is 4. The van der Waals surface area contributed by atoms with Gasteiger partial charge in [0.1, 0.15) is 4.75 Å². The fourth-order valence-corrected chi connectivity index (χ4v) is 9.20. The van der Waals surface area contributed by atoms with Crippen molar-refractivity contribution in [3.8, 4) is 0 Å². The van der Waals surface area contributed by atoms with Gasteiger partial charge in [-0.3, -0.25) is 9.59 Å². The maximum absolute atomic E-state index is 13.1. The predicted octanol–water partition coefficient (Wildman–Crippen LogP) is 8.86. The zero-order chi connectivity index (χ0) is 27.0. The molecule has 0 saturated heterocycles. The van der Waals surface area contributed by atoms with Gasteiger partial charge in [-0.05, 0) is 88.0 Å². The van der Waals surface area contributed by atoms with Gasteiger partial charge < -0.3 is 10.4 Å². The molecule has 4 rings (SSSR count). The molecule has 2 aliphatic carbocycles. The Labute approximate surface area is 237 Å². The van der Waals surface area contributed by atoms with E-state index in [-0.39, 0.29) is 5.91 Å². The van der Waals surface area contributed by atoms with Crippen LogP contribution < -0.4 is 5.32 Å². The highest BCUT2D eigenvalue weighted by Crippen LogP contribution is 2.46. The zero-order valence-corrected chi connectivity index (χ0v) is 24.8. The summed E-state index contributed by atoms with van der Waals surface area (Å²) in [5.41, 5.74) is 1.49. The van der Waals surface area contributed by atoms with Crippen LogP contribution in [0.25, 0.3) is 0 Å². The molecule has 208 valence electrons. The van der Waals surface area contributed by atoms with Gasteiger partial charge in [-0.2, -0.15) is 0 Å². The van der Waals surface area contributed by atoms with Crippen molar-refractivity contribution in [2.75, 3.05) is 0 Å². The Morgan fingerprint density at radius 1 is 0.974 bits per heavy atom. The third-order valence-corrected chi connectivity index (χ3v) is 11.2. The molecule has 3 aliphatic rings. The molecule has 1 aromatic carbocycles. The summed E-state index contributed by atoms with van der Waals surface area (Å²) in [5, 5.41) is 13.6. The van der Waals surface area contributed by atoms with Gasteiger partial charge in [0.2, 0.25) is 5.91 Å². The molecule has 0 radical (unpaired) electrons. The smallest absolute Gasteiger partial charge is 0.319 e. The second kappa shape index (κ2) is 14.1. The van der Waals surface area contributed by atoms with Crippen LogP contribution in [0, 0.1) is 17.8 Å². The molecule has 2 fully saturated rings. The van der Waals surface area contributed by atoms with Crippen LogP contribution in [0.15, 0.2) is 51.8 Å². The maximum atomic E-state index is 13.1. The number of thioether (sulfide) groups is 2. The molecule has 0 bridgehead atoms. The highest BCUT2D eigenvalue weighted by Gasteiger charge is 2.34. The molecule has 6 heteroatoms. The van der Waals surface area contributed by atoms with Crippen molar-refractivity contribution in [2.24, 2.45) is 17.8 Å². The van der Waals surface area contributed by atoms with Crippen LogP contribution in [0.5, 0.6) is 0 Å². The summed E-state index contributed by atoms with van der Waals surface area (Å²) in [4.78, 5) is 24.7. The van der Waals surface area contributed by atoms with Gasteiger partial charge in [0.25, 0.3) is 0 Å². The van der Waals surface area contributed by atoms with E-state index in [4.69, 9.17) is 0 Å². The summed E-state index contributed by atoms with van der Waals surface area (Å²) in [6, 6.07) is 11.0. The fourth-order valence-electron chi connectivity index (χ4n) is 6.56. The molecule has 4 nitrogen and oxygen atoms in total. The number of rotatable bonds is 10. The van der Waals surface area contributed by atoms with Crippen LogP contribution in [0.2, 0.25) is 0 Å². The highest BCUT2D eigenvalue weighted by molar-refractivity contribution is 8.24. The van der Waals surface area contributed by atoms with Crippen LogP contribution in [-0.4, -0.2) is 21.7 Å². The Hall–Kier alpha value is -1.66. The second-order valence-corrected chi connectivity index (χ2v) is 14.9. The van der Waals surface area contributed by atoms with Crippen LogP contribution in [-0.2, 0) is 9.59 Å². The number of carboxylic acids is 1. The lowest BCUT2D eigenvalue weighted by molar-refractivity contribution is -0.138. The van der Waals surface area contributed by atoms with Gasteiger partial charge in [0.15, 0.2) is 0 Å². The first-order valence-electron chi connectivity index (χ1n) is 14.7.